The second-order valence-electron chi connectivity index (χ2n) is 5.28. The standard InChI is InChI=1S/C16H22N4/c1-11(2)14-15(17)19-10-20-16(14)18-9-8-13-7-5-4-6-12(13)3/h4-7,10-11H,8-9H2,1-3H3,(H3,17,18,19,20). The molecule has 0 aliphatic carbocycles. The maximum atomic E-state index is 5.94. The number of nitrogen functional groups attached to an aromatic ring is 1. The van der Waals surface area contributed by atoms with Crippen LogP contribution < -0.4 is 11.1 Å². The number of nitrogens with one attached hydrogen (secondary N) is 1. The van der Waals surface area contributed by atoms with Crippen LogP contribution in [0.4, 0.5) is 11.6 Å². The van der Waals surface area contributed by atoms with Crippen molar-refractivity contribution in [2.45, 2.75) is 33.1 Å². The number of benzene rings is 1. The normalized spacial score (nSPS) is 10.8. The Morgan fingerprint density at radius 2 is 1.95 bits per heavy atom. The van der Waals surface area contributed by atoms with Crippen LogP contribution in [0.25, 0.3) is 0 Å². The van der Waals surface area contributed by atoms with E-state index in [9.17, 15) is 0 Å². The van der Waals surface area contributed by atoms with E-state index >= 15 is 0 Å². The van der Waals surface area contributed by atoms with E-state index < -0.39 is 0 Å². The first-order valence-electron chi connectivity index (χ1n) is 6.98. The van der Waals surface area contributed by atoms with Crippen LogP contribution >= 0.6 is 0 Å². The summed E-state index contributed by atoms with van der Waals surface area (Å²) in [6, 6.07) is 8.44. The highest BCUT2D eigenvalue weighted by Gasteiger charge is 2.12. The van der Waals surface area contributed by atoms with Gasteiger partial charge in [-0.2, -0.15) is 0 Å². The van der Waals surface area contributed by atoms with Gasteiger partial charge in [-0.3, -0.25) is 0 Å². The minimum atomic E-state index is 0.303. The second kappa shape index (κ2) is 6.37. The van der Waals surface area contributed by atoms with Crippen LogP contribution in [0, 0.1) is 6.92 Å². The molecule has 2 rings (SSSR count). The summed E-state index contributed by atoms with van der Waals surface area (Å²) >= 11 is 0. The second-order valence-corrected chi connectivity index (χ2v) is 5.28. The number of rotatable bonds is 5. The number of anilines is 2. The molecule has 1 heterocycles. The van der Waals surface area contributed by atoms with Crippen molar-refractivity contribution in [1.82, 2.24) is 9.97 Å². The molecule has 0 aliphatic rings. The van der Waals surface area contributed by atoms with E-state index in [2.05, 4.69) is 60.3 Å². The van der Waals surface area contributed by atoms with E-state index in [0.29, 0.717) is 11.7 Å². The first-order valence-corrected chi connectivity index (χ1v) is 6.98. The maximum absolute atomic E-state index is 5.94. The molecule has 0 saturated carbocycles. The average molecular weight is 270 g/mol. The van der Waals surface area contributed by atoms with Crippen LogP contribution in [0.2, 0.25) is 0 Å². The highest BCUT2D eigenvalue weighted by atomic mass is 15.0. The molecule has 0 bridgehead atoms. The molecule has 1 aromatic heterocycles. The number of hydrogen-bond donors (Lipinski definition) is 2. The van der Waals surface area contributed by atoms with Gasteiger partial charge in [-0.15, -0.1) is 0 Å². The molecule has 0 spiro atoms. The fourth-order valence-electron chi connectivity index (χ4n) is 2.33. The molecule has 4 nitrogen and oxygen atoms in total. The van der Waals surface area contributed by atoms with Crippen molar-refractivity contribution in [2.24, 2.45) is 0 Å². The third-order valence-corrected chi connectivity index (χ3v) is 3.44. The number of hydrogen-bond acceptors (Lipinski definition) is 4. The highest BCUT2D eigenvalue weighted by molar-refractivity contribution is 5.56. The zero-order valence-electron chi connectivity index (χ0n) is 12.4. The zero-order valence-corrected chi connectivity index (χ0v) is 12.4. The van der Waals surface area contributed by atoms with E-state index in [1.165, 1.54) is 17.5 Å². The van der Waals surface area contributed by atoms with Gasteiger partial charge in [-0.1, -0.05) is 38.1 Å². The molecule has 0 unspecified atom stereocenters. The third-order valence-electron chi connectivity index (χ3n) is 3.44. The lowest BCUT2D eigenvalue weighted by molar-refractivity contribution is 0.847. The Morgan fingerprint density at radius 3 is 2.65 bits per heavy atom. The smallest absolute Gasteiger partial charge is 0.134 e. The lowest BCUT2D eigenvalue weighted by atomic mass is 10.0. The summed E-state index contributed by atoms with van der Waals surface area (Å²) in [5.41, 5.74) is 9.61. The summed E-state index contributed by atoms with van der Waals surface area (Å²) in [5.74, 6) is 1.71. The van der Waals surface area contributed by atoms with Gasteiger partial charge in [0.1, 0.15) is 18.0 Å². The van der Waals surface area contributed by atoms with Crippen LogP contribution in [-0.2, 0) is 6.42 Å². The highest BCUT2D eigenvalue weighted by Crippen LogP contribution is 2.26. The fraction of sp³-hybridized carbons (Fsp3) is 0.375. The lowest BCUT2D eigenvalue weighted by Crippen LogP contribution is -2.12. The van der Waals surface area contributed by atoms with Gasteiger partial charge in [0.05, 0.1) is 0 Å². The molecule has 0 fully saturated rings. The predicted molar refractivity (Wildman–Crippen MR) is 83.9 cm³/mol. The largest absolute Gasteiger partial charge is 0.383 e. The monoisotopic (exact) mass is 270 g/mol. The van der Waals surface area contributed by atoms with Gasteiger partial charge in [0.25, 0.3) is 0 Å². The van der Waals surface area contributed by atoms with Crippen LogP contribution in [0.5, 0.6) is 0 Å². The Balaban J connectivity index is 2.05. The molecule has 0 radical (unpaired) electrons. The quantitative estimate of drug-likeness (QED) is 0.876. The van der Waals surface area contributed by atoms with Crippen LogP contribution in [0.3, 0.4) is 0 Å². The molecule has 0 atom stereocenters. The van der Waals surface area contributed by atoms with Gasteiger partial charge in [0, 0.05) is 12.1 Å². The van der Waals surface area contributed by atoms with Crippen LogP contribution in [-0.4, -0.2) is 16.5 Å². The Bertz CT molecular complexity index is 578. The fourth-order valence-corrected chi connectivity index (χ4v) is 2.33. The number of aryl methyl sites for hydroxylation is 1. The maximum Gasteiger partial charge on any atom is 0.134 e. The van der Waals surface area contributed by atoms with Gasteiger partial charge in [0.15, 0.2) is 0 Å². The molecule has 3 N–H and O–H groups in total. The van der Waals surface area contributed by atoms with Crippen molar-refractivity contribution in [1.29, 1.82) is 0 Å². The first kappa shape index (κ1) is 14.3. The van der Waals surface area contributed by atoms with Crippen molar-refractivity contribution >= 4 is 11.6 Å². The van der Waals surface area contributed by atoms with Crippen molar-refractivity contribution in [2.75, 3.05) is 17.6 Å². The summed E-state index contributed by atoms with van der Waals surface area (Å²) in [4.78, 5) is 8.38. The van der Waals surface area contributed by atoms with Crippen molar-refractivity contribution in [3.05, 3.63) is 47.3 Å². The Morgan fingerprint density at radius 1 is 1.20 bits per heavy atom. The molecular formula is C16H22N4. The SMILES string of the molecule is Cc1ccccc1CCNc1ncnc(N)c1C(C)C. The van der Waals surface area contributed by atoms with Gasteiger partial charge in [-0.05, 0) is 30.4 Å². The van der Waals surface area contributed by atoms with Crippen LogP contribution in [0.1, 0.15) is 36.5 Å². The Kier molecular flexibility index (Phi) is 4.56. The summed E-state index contributed by atoms with van der Waals surface area (Å²) in [6.07, 6.45) is 2.48. The number of nitrogens with zero attached hydrogens (tertiary/aromatic N) is 2. The molecule has 2 aromatic rings. The molecule has 1 aromatic carbocycles. The minimum Gasteiger partial charge on any atom is -0.383 e. The first-order chi connectivity index (χ1) is 9.59. The van der Waals surface area contributed by atoms with Crippen LogP contribution in [0.15, 0.2) is 30.6 Å². The molecular weight excluding hydrogens is 248 g/mol. The van der Waals surface area contributed by atoms with Gasteiger partial charge in [0.2, 0.25) is 0 Å². The molecule has 20 heavy (non-hydrogen) atoms. The molecule has 0 aliphatic heterocycles. The predicted octanol–water partition coefficient (Wildman–Crippen LogP) is 3.15. The number of aromatic nitrogens is 2. The molecule has 106 valence electrons. The van der Waals surface area contributed by atoms with E-state index in [0.717, 1.165) is 24.3 Å². The van der Waals surface area contributed by atoms with E-state index in [-0.39, 0.29) is 0 Å². The average Bonchev–Trinajstić information content (AvgIpc) is 2.40. The van der Waals surface area contributed by atoms with Gasteiger partial charge < -0.3 is 11.1 Å². The summed E-state index contributed by atoms with van der Waals surface area (Å²) in [7, 11) is 0. The van der Waals surface area contributed by atoms with E-state index in [4.69, 9.17) is 5.73 Å². The molecule has 0 amide bonds. The lowest BCUT2D eigenvalue weighted by Gasteiger charge is -2.15. The van der Waals surface area contributed by atoms with Gasteiger partial charge >= 0.3 is 0 Å². The molecule has 0 saturated heterocycles. The van der Waals surface area contributed by atoms with E-state index in [1.807, 2.05) is 0 Å². The van der Waals surface area contributed by atoms with Crippen molar-refractivity contribution in [3.8, 4) is 0 Å². The molecule has 4 heteroatoms. The van der Waals surface area contributed by atoms with Crippen molar-refractivity contribution in [3.63, 3.8) is 0 Å². The zero-order chi connectivity index (χ0) is 14.5. The topological polar surface area (TPSA) is 63.8 Å². The Labute approximate surface area is 120 Å². The number of nitrogens with two attached hydrogens (primary N) is 1. The summed E-state index contributed by atoms with van der Waals surface area (Å²) < 4.78 is 0. The summed E-state index contributed by atoms with van der Waals surface area (Å²) in [6.45, 7) is 7.17. The van der Waals surface area contributed by atoms with Gasteiger partial charge in [-0.25, -0.2) is 9.97 Å². The minimum absolute atomic E-state index is 0.303. The van der Waals surface area contributed by atoms with Crippen molar-refractivity contribution < 1.29 is 0 Å². The summed E-state index contributed by atoms with van der Waals surface area (Å²) in [5, 5.41) is 3.38. The Hall–Kier alpha value is -2.10. The third kappa shape index (κ3) is 3.26. The van der Waals surface area contributed by atoms with E-state index in [1.54, 1.807) is 0 Å².